The van der Waals surface area contributed by atoms with Gasteiger partial charge in [0.25, 0.3) is 0 Å². The van der Waals surface area contributed by atoms with E-state index >= 15 is 0 Å². The van der Waals surface area contributed by atoms with Crippen LogP contribution in [0.4, 0.5) is 0 Å². The molecule has 0 bridgehead atoms. The van der Waals surface area contributed by atoms with Gasteiger partial charge in [0.2, 0.25) is 0 Å². The van der Waals surface area contributed by atoms with Crippen molar-refractivity contribution >= 4 is 0 Å². The van der Waals surface area contributed by atoms with Crippen LogP contribution in [-0.2, 0) is 12.8 Å². The smallest absolute Gasteiger partial charge is 0.0133 e. The predicted molar refractivity (Wildman–Crippen MR) is 72.5 cm³/mol. The number of rotatable bonds is 2. The van der Waals surface area contributed by atoms with Crippen LogP contribution in [0.5, 0.6) is 0 Å². The molecule has 1 atom stereocenters. The molecule has 0 radical (unpaired) electrons. The maximum absolute atomic E-state index is 2.40. The molecule has 0 heterocycles. The number of hydrogen-bond acceptors (Lipinski definition) is 1. The van der Waals surface area contributed by atoms with Crippen molar-refractivity contribution in [2.45, 2.75) is 50.5 Å². The fourth-order valence-electron chi connectivity index (χ4n) is 3.34. The average molecular weight is 229 g/mol. The number of nitrogens with zero attached hydrogens (tertiary/aromatic N) is 1. The Kier molecular flexibility index (Phi) is 2.96. The van der Waals surface area contributed by atoms with Crippen LogP contribution >= 0.6 is 0 Å². The minimum atomic E-state index is 0.753. The summed E-state index contributed by atoms with van der Waals surface area (Å²) >= 11 is 0. The van der Waals surface area contributed by atoms with Crippen LogP contribution in [0.3, 0.4) is 0 Å². The number of benzene rings is 1. The van der Waals surface area contributed by atoms with E-state index in [0.717, 1.165) is 12.0 Å². The van der Waals surface area contributed by atoms with Gasteiger partial charge in [0, 0.05) is 6.04 Å². The molecule has 1 aromatic rings. The lowest BCUT2D eigenvalue weighted by atomic mass is 9.74. The molecule has 1 saturated carbocycles. The summed E-state index contributed by atoms with van der Waals surface area (Å²) in [5.41, 5.74) is 5.01. The highest BCUT2D eigenvalue weighted by atomic mass is 15.1. The Balaban J connectivity index is 1.92. The van der Waals surface area contributed by atoms with Crippen LogP contribution in [0.2, 0.25) is 0 Å². The van der Waals surface area contributed by atoms with E-state index in [4.69, 9.17) is 0 Å². The second kappa shape index (κ2) is 4.45. The van der Waals surface area contributed by atoms with Gasteiger partial charge >= 0.3 is 0 Å². The summed E-state index contributed by atoms with van der Waals surface area (Å²) in [4.78, 5) is 2.40. The zero-order chi connectivity index (χ0) is 11.8. The molecule has 1 nitrogen and oxygen atoms in total. The van der Waals surface area contributed by atoms with Crippen LogP contribution in [0.1, 0.15) is 48.3 Å². The summed E-state index contributed by atoms with van der Waals surface area (Å²) in [5.74, 6) is 0.880. The predicted octanol–water partition coefficient (Wildman–Crippen LogP) is 3.37. The third kappa shape index (κ3) is 2.01. The second-order valence-corrected chi connectivity index (χ2v) is 5.97. The van der Waals surface area contributed by atoms with E-state index in [1.807, 2.05) is 0 Å². The zero-order valence-electron chi connectivity index (χ0n) is 11.1. The molecule has 2 aliphatic carbocycles. The highest BCUT2D eigenvalue weighted by molar-refractivity contribution is 5.40. The Morgan fingerprint density at radius 3 is 2.59 bits per heavy atom. The zero-order valence-corrected chi connectivity index (χ0v) is 11.1. The van der Waals surface area contributed by atoms with Crippen molar-refractivity contribution in [1.29, 1.82) is 0 Å². The SMILES string of the molecule is CN(C)[C@@H]1CCc2cccc(C3CCC3)c2C1. The fraction of sp³-hybridized carbons (Fsp3) is 0.625. The fourth-order valence-corrected chi connectivity index (χ4v) is 3.34. The van der Waals surface area contributed by atoms with Crippen LogP contribution in [0, 0.1) is 0 Å². The highest BCUT2D eigenvalue weighted by Gasteiger charge is 2.27. The first-order valence-electron chi connectivity index (χ1n) is 7.03. The van der Waals surface area contributed by atoms with Gasteiger partial charge in [0.05, 0.1) is 0 Å². The van der Waals surface area contributed by atoms with Crippen LogP contribution in [0.15, 0.2) is 18.2 Å². The average Bonchev–Trinajstić information content (AvgIpc) is 2.26. The molecule has 0 spiro atoms. The van der Waals surface area contributed by atoms with Crippen LogP contribution in [-0.4, -0.2) is 25.0 Å². The Morgan fingerprint density at radius 1 is 1.12 bits per heavy atom. The summed E-state index contributed by atoms with van der Waals surface area (Å²) < 4.78 is 0. The third-order valence-corrected chi connectivity index (χ3v) is 4.77. The molecule has 2 aliphatic rings. The normalized spacial score (nSPS) is 24.5. The molecule has 0 aliphatic heterocycles. The van der Waals surface area contributed by atoms with Crippen molar-refractivity contribution in [1.82, 2.24) is 4.90 Å². The van der Waals surface area contributed by atoms with Crippen molar-refractivity contribution in [3.63, 3.8) is 0 Å². The first-order valence-corrected chi connectivity index (χ1v) is 7.03. The van der Waals surface area contributed by atoms with E-state index < -0.39 is 0 Å². The van der Waals surface area contributed by atoms with E-state index in [2.05, 4.69) is 37.2 Å². The van der Waals surface area contributed by atoms with Crippen molar-refractivity contribution in [2.75, 3.05) is 14.1 Å². The monoisotopic (exact) mass is 229 g/mol. The van der Waals surface area contributed by atoms with Crippen molar-refractivity contribution in [2.24, 2.45) is 0 Å². The molecule has 1 heteroatoms. The molecule has 3 rings (SSSR count). The van der Waals surface area contributed by atoms with E-state index in [0.29, 0.717) is 0 Å². The maximum atomic E-state index is 2.40. The van der Waals surface area contributed by atoms with Crippen molar-refractivity contribution in [3.8, 4) is 0 Å². The number of hydrogen-bond donors (Lipinski definition) is 0. The molecule has 0 amide bonds. The van der Waals surface area contributed by atoms with Gasteiger partial charge in [-0.15, -0.1) is 0 Å². The first-order chi connectivity index (χ1) is 8.25. The minimum Gasteiger partial charge on any atom is -0.306 e. The van der Waals surface area contributed by atoms with Gasteiger partial charge in [0.1, 0.15) is 0 Å². The number of fused-ring (bicyclic) bond motifs is 1. The van der Waals surface area contributed by atoms with Crippen LogP contribution < -0.4 is 0 Å². The van der Waals surface area contributed by atoms with Gasteiger partial charge in [-0.05, 0) is 68.8 Å². The topological polar surface area (TPSA) is 3.24 Å². The lowest BCUT2D eigenvalue weighted by Crippen LogP contribution is -2.34. The lowest BCUT2D eigenvalue weighted by Gasteiger charge is -2.35. The Labute approximate surface area is 105 Å². The molecule has 92 valence electrons. The Bertz CT molecular complexity index is 404. The van der Waals surface area contributed by atoms with Gasteiger partial charge in [-0.1, -0.05) is 24.6 Å². The van der Waals surface area contributed by atoms with E-state index in [1.54, 1.807) is 16.7 Å². The minimum absolute atomic E-state index is 0.753. The van der Waals surface area contributed by atoms with Gasteiger partial charge < -0.3 is 4.90 Å². The van der Waals surface area contributed by atoms with Gasteiger partial charge in [-0.2, -0.15) is 0 Å². The molecule has 1 aromatic carbocycles. The largest absolute Gasteiger partial charge is 0.306 e. The van der Waals surface area contributed by atoms with Gasteiger partial charge in [-0.25, -0.2) is 0 Å². The maximum Gasteiger partial charge on any atom is 0.0133 e. The summed E-state index contributed by atoms with van der Waals surface area (Å²) in [7, 11) is 4.45. The van der Waals surface area contributed by atoms with Gasteiger partial charge in [-0.3, -0.25) is 0 Å². The molecular formula is C16H23N. The van der Waals surface area contributed by atoms with E-state index in [1.165, 1.54) is 38.5 Å². The summed E-state index contributed by atoms with van der Waals surface area (Å²) in [6.07, 6.45) is 8.15. The summed E-state index contributed by atoms with van der Waals surface area (Å²) in [6.45, 7) is 0. The molecule has 0 unspecified atom stereocenters. The summed E-state index contributed by atoms with van der Waals surface area (Å²) in [5, 5.41) is 0. The van der Waals surface area contributed by atoms with Crippen molar-refractivity contribution in [3.05, 3.63) is 34.9 Å². The third-order valence-electron chi connectivity index (χ3n) is 4.77. The summed E-state index contributed by atoms with van der Waals surface area (Å²) in [6, 6.07) is 7.77. The molecular weight excluding hydrogens is 206 g/mol. The molecule has 17 heavy (non-hydrogen) atoms. The lowest BCUT2D eigenvalue weighted by molar-refractivity contribution is 0.266. The molecule has 0 saturated heterocycles. The quantitative estimate of drug-likeness (QED) is 0.751. The molecule has 1 fully saturated rings. The first kappa shape index (κ1) is 11.3. The van der Waals surface area contributed by atoms with E-state index in [9.17, 15) is 0 Å². The highest BCUT2D eigenvalue weighted by Crippen LogP contribution is 2.40. The van der Waals surface area contributed by atoms with E-state index in [-0.39, 0.29) is 0 Å². The second-order valence-electron chi connectivity index (χ2n) is 5.97. The van der Waals surface area contributed by atoms with Gasteiger partial charge in [0.15, 0.2) is 0 Å². The van der Waals surface area contributed by atoms with Crippen molar-refractivity contribution < 1.29 is 0 Å². The molecule has 0 N–H and O–H groups in total. The number of aryl methyl sites for hydroxylation is 1. The van der Waals surface area contributed by atoms with Crippen LogP contribution in [0.25, 0.3) is 0 Å². The number of likely N-dealkylation sites (N-methyl/N-ethyl adjacent to an activating group) is 1. The molecule has 0 aromatic heterocycles. The standard InChI is InChI=1S/C16H23N/c1-17(2)14-10-9-13-7-4-8-15(16(13)11-14)12-5-3-6-12/h4,7-8,12,14H,3,5-6,9-11H2,1-2H3/t14-/m1/s1. The Morgan fingerprint density at radius 2 is 1.94 bits per heavy atom. The Hall–Kier alpha value is -0.820.